The van der Waals surface area contributed by atoms with E-state index < -0.39 is 5.60 Å². The quantitative estimate of drug-likeness (QED) is 0.643. The van der Waals surface area contributed by atoms with E-state index in [9.17, 15) is 9.90 Å². The number of carbonyl (C=O) groups excluding carboxylic acids is 1. The van der Waals surface area contributed by atoms with Gasteiger partial charge in [-0.05, 0) is 26.2 Å². The van der Waals surface area contributed by atoms with E-state index in [2.05, 4.69) is 22.0 Å². The van der Waals surface area contributed by atoms with Crippen LogP contribution < -0.4 is 0 Å². The molecule has 102 valence electrons. The number of nitrogens with zero attached hydrogens (tertiary/aromatic N) is 2. The van der Waals surface area contributed by atoms with E-state index in [-0.39, 0.29) is 18.8 Å². The molecule has 1 aromatic heterocycles. The van der Waals surface area contributed by atoms with Crippen molar-refractivity contribution in [3.05, 3.63) is 11.7 Å². The molecule has 0 amide bonds. The zero-order valence-corrected chi connectivity index (χ0v) is 10.8. The number of carbonyl (C=O) groups is 1. The Hall–Kier alpha value is -1.87. The Bertz CT molecular complexity index is 508. The molecule has 1 aromatic rings. The van der Waals surface area contributed by atoms with Gasteiger partial charge in [0.05, 0.1) is 13.0 Å². The third kappa shape index (κ3) is 3.32. The van der Waals surface area contributed by atoms with E-state index in [0.29, 0.717) is 31.2 Å². The number of aromatic nitrogens is 2. The van der Waals surface area contributed by atoms with Crippen molar-refractivity contribution in [1.82, 2.24) is 10.1 Å². The lowest BCUT2D eigenvalue weighted by atomic mass is 9.80. The molecule has 1 saturated carbocycles. The van der Waals surface area contributed by atoms with Crippen LogP contribution in [0.2, 0.25) is 0 Å². The number of esters is 1. The lowest BCUT2D eigenvalue weighted by molar-refractivity contribution is -0.141. The topological polar surface area (TPSA) is 85.5 Å². The van der Waals surface area contributed by atoms with Gasteiger partial charge >= 0.3 is 5.97 Å². The average molecular weight is 264 g/mol. The molecule has 0 unspecified atom stereocenters. The minimum atomic E-state index is -0.917. The Balaban J connectivity index is 1.84. The molecular weight excluding hydrogens is 248 g/mol. The van der Waals surface area contributed by atoms with Crippen LogP contribution in [-0.2, 0) is 21.6 Å². The summed E-state index contributed by atoms with van der Waals surface area (Å²) >= 11 is 0. The molecule has 0 radical (unpaired) electrons. The molecule has 0 atom stereocenters. The lowest BCUT2D eigenvalue weighted by Gasteiger charge is -2.32. The summed E-state index contributed by atoms with van der Waals surface area (Å²) < 4.78 is 9.74. The maximum absolute atomic E-state index is 11.0. The van der Waals surface area contributed by atoms with E-state index in [0.717, 1.165) is 6.42 Å². The summed E-state index contributed by atoms with van der Waals surface area (Å²) in [6.07, 6.45) is 2.63. The Morgan fingerprint density at radius 3 is 2.95 bits per heavy atom. The summed E-state index contributed by atoms with van der Waals surface area (Å²) in [5.41, 5.74) is -0.917. The monoisotopic (exact) mass is 264 g/mol. The van der Waals surface area contributed by atoms with Gasteiger partial charge < -0.3 is 14.4 Å². The van der Waals surface area contributed by atoms with Crippen LogP contribution in [0.15, 0.2) is 4.52 Å². The van der Waals surface area contributed by atoms with E-state index in [1.165, 1.54) is 0 Å². The summed E-state index contributed by atoms with van der Waals surface area (Å²) in [5.74, 6) is 5.79. The maximum Gasteiger partial charge on any atom is 0.317 e. The summed E-state index contributed by atoms with van der Waals surface area (Å²) in [6.45, 7) is 2.10. The predicted octanol–water partition coefficient (Wildman–Crippen LogP) is 0.940. The normalized spacial score (nSPS) is 16.1. The lowest BCUT2D eigenvalue weighted by Crippen LogP contribution is -2.34. The smallest absolute Gasteiger partial charge is 0.317 e. The van der Waals surface area contributed by atoms with Crippen molar-refractivity contribution in [2.75, 3.05) is 6.61 Å². The molecule has 1 heterocycles. The molecule has 1 aliphatic carbocycles. The highest BCUT2D eigenvalue weighted by molar-refractivity contribution is 5.72. The maximum atomic E-state index is 11.0. The second-order valence-corrected chi connectivity index (χ2v) is 4.41. The van der Waals surface area contributed by atoms with Crippen LogP contribution in [-0.4, -0.2) is 27.8 Å². The Labute approximate surface area is 111 Å². The van der Waals surface area contributed by atoms with Crippen LogP contribution >= 0.6 is 0 Å². The zero-order valence-electron chi connectivity index (χ0n) is 10.8. The molecule has 6 nitrogen and oxygen atoms in total. The largest absolute Gasteiger partial charge is 0.465 e. The standard InChI is InChI=1S/C13H16N2O4/c1-2-18-11(16)7-4-3-6-10-14-12(15-19-10)13(17)8-5-9-13/h17H,2,5-9H2,1H3. The van der Waals surface area contributed by atoms with Gasteiger partial charge in [-0.3, -0.25) is 4.79 Å². The van der Waals surface area contributed by atoms with Crippen molar-refractivity contribution < 1.29 is 19.2 Å². The second kappa shape index (κ2) is 5.85. The van der Waals surface area contributed by atoms with Crippen molar-refractivity contribution in [3.8, 4) is 11.8 Å². The first kappa shape index (κ1) is 13.6. The van der Waals surface area contributed by atoms with Gasteiger partial charge in [-0.15, -0.1) is 0 Å². The van der Waals surface area contributed by atoms with Gasteiger partial charge in [-0.1, -0.05) is 17.0 Å². The zero-order chi connectivity index (χ0) is 13.7. The number of ether oxygens (including phenoxy) is 1. The fourth-order valence-corrected chi connectivity index (χ4v) is 1.74. The summed E-state index contributed by atoms with van der Waals surface area (Å²) in [6, 6.07) is 0. The van der Waals surface area contributed by atoms with Crippen molar-refractivity contribution in [2.45, 2.75) is 44.6 Å². The van der Waals surface area contributed by atoms with Crippen LogP contribution in [0.1, 0.15) is 44.3 Å². The van der Waals surface area contributed by atoms with Gasteiger partial charge in [0, 0.05) is 0 Å². The van der Waals surface area contributed by atoms with Gasteiger partial charge in [0.1, 0.15) is 12.0 Å². The third-order valence-electron chi connectivity index (χ3n) is 2.97. The molecule has 1 aliphatic rings. The molecule has 2 rings (SSSR count). The molecular formula is C13H16N2O4. The molecule has 0 aromatic carbocycles. The Morgan fingerprint density at radius 2 is 2.32 bits per heavy atom. The first-order chi connectivity index (χ1) is 9.14. The van der Waals surface area contributed by atoms with Crippen molar-refractivity contribution in [2.24, 2.45) is 0 Å². The molecule has 0 saturated heterocycles. The molecule has 0 aliphatic heterocycles. The number of rotatable bonds is 4. The summed E-state index contributed by atoms with van der Waals surface area (Å²) in [5, 5.41) is 13.8. The van der Waals surface area contributed by atoms with Crippen LogP contribution in [0.5, 0.6) is 0 Å². The summed E-state index contributed by atoms with van der Waals surface area (Å²) in [7, 11) is 0. The highest BCUT2D eigenvalue weighted by Gasteiger charge is 2.40. The van der Waals surface area contributed by atoms with Crippen molar-refractivity contribution in [3.63, 3.8) is 0 Å². The van der Waals surface area contributed by atoms with Crippen LogP contribution in [0.25, 0.3) is 0 Å². The van der Waals surface area contributed by atoms with Crippen LogP contribution in [0, 0.1) is 11.8 Å². The molecule has 0 spiro atoms. The van der Waals surface area contributed by atoms with E-state index in [4.69, 9.17) is 9.26 Å². The average Bonchev–Trinajstić information content (AvgIpc) is 2.81. The van der Waals surface area contributed by atoms with Crippen LogP contribution in [0.3, 0.4) is 0 Å². The SMILES string of the molecule is CCOC(=O)CC#CCc1nc(C2(O)CCC2)no1. The van der Waals surface area contributed by atoms with E-state index in [1.807, 2.05) is 0 Å². The first-order valence-electron chi connectivity index (χ1n) is 6.31. The molecule has 1 fully saturated rings. The van der Waals surface area contributed by atoms with E-state index in [1.54, 1.807) is 6.92 Å². The molecule has 19 heavy (non-hydrogen) atoms. The minimum Gasteiger partial charge on any atom is -0.465 e. The van der Waals surface area contributed by atoms with Gasteiger partial charge in [-0.2, -0.15) is 4.98 Å². The third-order valence-corrected chi connectivity index (χ3v) is 2.97. The van der Waals surface area contributed by atoms with Gasteiger partial charge in [0.2, 0.25) is 11.7 Å². The Kier molecular flexibility index (Phi) is 4.17. The minimum absolute atomic E-state index is 0.0543. The van der Waals surface area contributed by atoms with Gasteiger partial charge in [0.25, 0.3) is 0 Å². The number of hydrogen-bond acceptors (Lipinski definition) is 6. The van der Waals surface area contributed by atoms with Gasteiger partial charge in [-0.25, -0.2) is 0 Å². The fraction of sp³-hybridized carbons (Fsp3) is 0.615. The summed E-state index contributed by atoms with van der Waals surface area (Å²) in [4.78, 5) is 15.1. The van der Waals surface area contributed by atoms with Crippen LogP contribution in [0.4, 0.5) is 0 Å². The predicted molar refractivity (Wildman–Crippen MR) is 64.8 cm³/mol. The Morgan fingerprint density at radius 1 is 1.53 bits per heavy atom. The molecule has 1 N–H and O–H groups in total. The number of aliphatic hydroxyl groups is 1. The van der Waals surface area contributed by atoms with Crippen molar-refractivity contribution >= 4 is 5.97 Å². The number of hydrogen-bond donors (Lipinski definition) is 1. The van der Waals surface area contributed by atoms with Gasteiger partial charge in [0.15, 0.2) is 0 Å². The molecule has 0 bridgehead atoms. The highest BCUT2D eigenvalue weighted by Crippen LogP contribution is 2.39. The second-order valence-electron chi connectivity index (χ2n) is 4.41. The van der Waals surface area contributed by atoms with E-state index >= 15 is 0 Å². The van der Waals surface area contributed by atoms with Crippen molar-refractivity contribution in [1.29, 1.82) is 0 Å². The highest BCUT2D eigenvalue weighted by atomic mass is 16.5. The molecule has 6 heteroatoms. The fourth-order valence-electron chi connectivity index (χ4n) is 1.74. The first-order valence-corrected chi connectivity index (χ1v) is 6.31.